The number of hydrogen-bond donors (Lipinski definition) is 2. The summed E-state index contributed by atoms with van der Waals surface area (Å²) in [6.07, 6.45) is -4.13. The predicted octanol–water partition coefficient (Wildman–Crippen LogP) is 3.32. The van der Waals surface area contributed by atoms with Gasteiger partial charge in [0.15, 0.2) is 11.2 Å². The van der Waals surface area contributed by atoms with E-state index in [0.29, 0.717) is 6.42 Å². The fourth-order valence-electron chi connectivity index (χ4n) is 2.67. The van der Waals surface area contributed by atoms with E-state index in [1.165, 1.54) is 34.8 Å². The zero-order chi connectivity index (χ0) is 18.9. The van der Waals surface area contributed by atoms with Crippen LogP contribution in [0.3, 0.4) is 0 Å². The average Bonchev–Trinajstić information content (AvgIpc) is 3.11. The van der Waals surface area contributed by atoms with Gasteiger partial charge in [-0.2, -0.15) is 13.2 Å². The highest BCUT2D eigenvalue weighted by atomic mass is 32.2. The van der Waals surface area contributed by atoms with Crippen molar-refractivity contribution in [3.8, 4) is 0 Å². The van der Waals surface area contributed by atoms with Crippen molar-refractivity contribution in [3.63, 3.8) is 0 Å². The number of likely N-dealkylation sites (N-methyl/N-ethyl adjacent to an activating group) is 1. The zero-order valence-corrected chi connectivity index (χ0v) is 15.3. The summed E-state index contributed by atoms with van der Waals surface area (Å²) in [4.78, 5) is 13.6. The molecule has 3 unspecified atom stereocenters. The number of nitrogens with one attached hydrogen (secondary N) is 2. The van der Waals surface area contributed by atoms with Crippen molar-refractivity contribution < 1.29 is 22.2 Å². The van der Waals surface area contributed by atoms with Gasteiger partial charge in [0.05, 0.1) is 11.6 Å². The van der Waals surface area contributed by atoms with Crippen LogP contribution < -0.4 is 10.0 Å². The molecule has 2 N–H and O–H groups in total. The van der Waals surface area contributed by atoms with E-state index < -0.39 is 34.9 Å². The molecule has 3 rings (SSSR count). The Morgan fingerprint density at radius 3 is 2.77 bits per heavy atom. The maximum absolute atomic E-state index is 12.8. The Labute approximate surface area is 154 Å². The van der Waals surface area contributed by atoms with Gasteiger partial charge in [-0.1, -0.05) is 12.1 Å². The molecule has 1 aliphatic heterocycles. The van der Waals surface area contributed by atoms with E-state index in [2.05, 4.69) is 10.0 Å². The molecule has 1 aromatic carbocycles. The largest absolute Gasteiger partial charge is 0.416 e. The van der Waals surface area contributed by atoms with Crippen LogP contribution in [0.4, 0.5) is 18.9 Å². The number of halogens is 3. The van der Waals surface area contributed by atoms with Crippen LogP contribution in [0.15, 0.2) is 41.8 Å². The van der Waals surface area contributed by atoms with Crippen molar-refractivity contribution in [3.05, 3.63) is 52.2 Å². The summed E-state index contributed by atoms with van der Waals surface area (Å²) in [6, 6.07) is 7.19. The van der Waals surface area contributed by atoms with E-state index in [1.807, 2.05) is 17.5 Å². The molecule has 26 heavy (non-hydrogen) atoms. The third-order valence-corrected chi connectivity index (χ3v) is 6.30. The summed E-state index contributed by atoms with van der Waals surface area (Å²) in [5.74, 6) is -0.497. The Kier molecular flexibility index (Phi) is 5.47. The van der Waals surface area contributed by atoms with Gasteiger partial charge in [-0.25, -0.2) is 13.2 Å². The van der Waals surface area contributed by atoms with Crippen LogP contribution in [0.25, 0.3) is 0 Å². The molecule has 0 aliphatic carbocycles. The maximum atomic E-state index is 12.8. The summed E-state index contributed by atoms with van der Waals surface area (Å²) in [7, 11) is 1.53. The van der Waals surface area contributed by atoms with Gasteiger partial charge < -0.3 is 5.32 Å². The molecule has 1 fully saturated rings. The molecule has 3 atom stereocenters. The Morgan fingerprint density at radius 1 is 1.35 bits per heavy atom. The first-order chi connectivity index (χ1) is 12.3. The molecule has 0 spiro atoms. The molecule has 0 radical (unpaired) electrons. The van der Waals surface area contributed by atoms with E-state index >= 15 is 0 Å². The van der Waals surface area contributed by atoms with Gasteiger partial charge in [0.25, 0.3) is 0 Å². The molecule has 1 aromatic heterocycles. The number of rotatable bonds is 3. The van der Waals surface area contributed by atoms with Crippen LogP contribution in [-0.2, 0) is 22.1 Å². The third kappa shape index (κ3) is 4.14. The Balaban J connectivity index is 1.77. The van der Waals surface area contributed by atoms with Crippen LogP contribution >= 0.6 is 11.3 Å². The van der Waals surface area contributed by atoms with E-state index in [1.54, 1.807) is 0 Å². The van der Waals surface area contributed by atoms with Gasteiger partial charge in [0.1, 0.15) is 6.04 Å². The SMILES string of the molecule is CN1C(C(=O)Nc2cccc(C(F)(F)F)c2)CC(c2cccs2)NS1=O. The summed E-state index contributed by atoms with van der Waals surface area (Å²) < 4.78 is 55.0. The smallest absolute Gasteiger partial charge is 0.325 e. The van der Waals surface area contributed by atoms with Crippen molar-refractivity contribution in [1.82, 2.24) is 9.03 Å². The maximum Gasteiger partial charge on any atom is 0.416 e. The zero-order valence-electron chi connectivity index (χ0n) is 13.6. The minimum absolute atomic E-state index is 0.0511. The number of hydrogen-bond acceptors (Lipinski definition) is 3. The lowest BCUT2D eigenvalue weighted by Crippen LogP contribution is -2.52. The third-order valence-electron chi connectivity index (χ3n) is 4.05. The summed E-state index contributed by atoms with van der Waals surface area (Å²) in [5.41, 5.74) is -0.788. The van der Waals surface area contributed by atoms with Gasteiger partial charge in [-0.05, 0) is 36.1 Å². The number of anilines is 1. The molecule has 2 aromatic rings. The molecule has 10 heteroatoms. The highest BCUT2D eigenvalue weighted by molar-refractivity contribution is 7.80. The van der Waals surface area contributed by atoms with Crippen LogP contribution in [0.5, 0.6) is 0 Å². The monoisotopic (exact) mass is 403 g/mol. The van der Waals surface area contributed by atoms with Crippen molar-refractivity contribution in [1.29, 1.82) is 0 Å². The lowest BCUT2D eigenvalue weighted by Gasteiger charge is -2.35. The molecule has 140 valence electrons. The van der Waals surface area contributed by atoms with Crippen LogP contribution in [0.1, 0.15) is 22.9 Å². The quantitative estimate of drug-likeness (QED) is 0.826. The number of benzene rings is 1. The number of nitrogens with zero attached hydrogens (tertiary/aromatic N) is 1. The van der Waals surface area contributed by atoms with Gasteiger partial charge >= 0.3 is 6.18 Å². The molecular formula is C16H16F3N3O2S2. The first-order valence-electron chi connectivity index (χ1n) is 7.68. The van der Waals surface area contributed by atoms with Crippen molar-refractivity contribution in [2.45, 2.75) is 24.7 Å². The van der Waals surface area contributed by atoms with Crippen molar-refractivity contribution in [2.24, 2.45) is 0 Å². The van der Waals surface area contributed by atoms with E-state index in [9.17, 15) is 22.2 Å². The molecule has 1 aliphatic rings. The molecular weight excluding hydrogens is 387 g/mol. The van der Waals surface area contributed by atoms with E-state index in [-0.39, 0.29) is 11.7 Å². The Bertz CT molecular complexity index is 811. The first-order valence-corrected chi connectivity index (χ1v) is 9.67. The molecule has 1 saturated heterocycles. The van der Waals surface area contributed by atoms with Gasteiger partial charge in [0, 0.05) is 17.6 Å². The summed E-state index contributed by atoms with van der Waals surface area (Å²) in [6.45, 7) is 0. The number of thiophene rings is 1. The lowest BCUT2D eigenvalue weighted by molar-refractivity contribution is -0.137. The fourth-order valence-corrected chi connectivity index (χ4v) is 4.59. The lowest BCUT2D eigenvalue weighted by atomic mass is 10.1. The Morgan fingerprint density at radius 2 is 2.12 bits per heavy atom. The van der Waals surface area contributed by atoms with Crippen LogP contribution in [-0.4, -0.2) is 27.5 Å². The molecule has 2 heterocycles. The van der Waals surface area contributed by atoms with E-state index in [0.717, 1.165) is 17.0 Å². The van der Waals surface area contributed by atoms with Gasteiger partial charge in [-0.15, -0.1) is 11.3 Å². The molecule has 0 bridgehead atoms. The fraction of sp³-hybridized carbons (Fsp3) is 0.312. The number of alkyl halides is 3. The van der Waals surface area contributed by atoms with Gasteiger partial charge in [-0.3, -0.25) is 4.79 Å². The topological polar surface area (TPSA) is 61.4 Å². The molecule has 5 nitrogen and oxygen atoms in total. The van der Waals surface area contributed by atoms with Gasteiger partial charge in [0.2, 0.25) is 5.91 Å². The van der Waals surface area contributed by atoms with Crippen molar-refractivity contribution >= 4 is 34.1 Å². The minimum Gasteiger partial charge on any atom is -0.325 e. The summed E-state index contributed by atoms with van der Waals surface area (Å²) >= 11 is -0.0946. The van der Waals surface area contributed by atoms with E-state index in [4.69, 9.17) is 0 Å². The number of carbonyl (C=O) groups excluding carboxylic acids is 1. The average molecular weight is 403 g/mol. The van der Waals surface area contributed by atoms with Crippen LogP contribution in [0.2, 0.25) is 0 Å². The molecule has 1 amide bonds. The minimum atomic E-state index is -4.49. The highest BCUT2D eigenvalue weighted by Gasteiger charge is 2.37. The van der Waals surface area contributed by atoms with Crippen molar-refractivity contribution in [2.75, 3.05) is 12.4 Å². The summed E-state index contributed by atoms with van der Waals surface area (Å²) in [5, 5.41) is 4.39. The standard InChI is InChI=1S/C16H16F3N3O2S2/c1-22-13(9-12(21-26(22)24)14-6-3-7-25-14)15(23)20-11-5-2-4-10(8-11)16(17,18)19/h2-8,12-13,21H,9H2,1H3,(H,20,23). The second-order valence-corrected chi connectivity index (χ2v) is 8.09. The molecule has 0 saturated carbocycles. The second kappa shape index (κ2) is 7.47. The normalized spacial score (nSPS) is 24.4. The second-order valence-electron chi connectivity index (χ2n) is 5.80. The number of carbonyl (C=O) groups is 1. The van der Waals surface area contributed by atoms with Crippen LogP contribution in [0, 0.1) is 0 Å². The predicted molar refractivity (Wildman–Crippen MR) is 94.6 cm³/mol. The number of amides is 1. The highest BCUT2D eigenvalue weighted by Crippen LogP contribution is 2.32. The first kappa shape index (κ1) is 19.0. The Hall–Kier alpha value is -1.75.